The smallest absolute Gasteiger partial charge is 0.420 e. The first-order valence-electron chi connectivity index (χ1n) is 9.48. The third-order valence-electron chi connectivity index (χ3n) is 4.84. The van der Waals surface area contributed by atoms with Crippen LogP contribution < -0.4 is 14.4 Å². The van der Waals surface area contributed by atoms with Gasteiger partial charge in [-0.2, -0.15) is 38.6 Å². The van der Waals surface area contributed by atoms with E-state index in [2.05, 4.69) is 0 Å². The fourth-order valence-corrected chi connectivity index (χ4v) is 5.07. The lowest BCUT2D eigenvalue weighted by atomic mass is 10.1. The van der Waals surface area contributed by atoms with Crippen molar-refractivity contribution >= 4 is 15.7 Å². The van der Waals surface area contributed by atoms with Gasteiger partial charge in [-0.25, -0.2) is 0 Å². The van der Waals surface area contributed by atoms with Crippen LogP contribution in [-0.2, 0) is 16.2 Å². The van der Waals surface area contributed by atoms with Crippen molar-refractivity contribution < 1.29 is 39.5 Å². The van der Waals surface area contributed by atoms with Crippen LogP contribution >= 0.6 is 0 Å². The summed E-state index contributed by atoms with van der Waals surface area (Å²) in [5, 5.41) is 0. The number of hydrogen-bond acceptors (Lipinski definition) is 4. The van der Waals surface area contributed by atoms with E-state index in [0.29, 0.717) is 6.07 Å². The Kier molecular flexibility index (Phi) is 6.65. The molecule has 0 saturated heterocycles. The summed E-state index contributed by atoms with van der Waals surface area (Å²) in [5.41, 5.74) is 3.83. The normalized spacial score (nSPS) is 19.3. The average molecular weight is 493 g/mol. The maximum atomic E-state index is 13.9. The molecule has 5 nitrogen and oxygen atoms in total. The number of hydrogen-bond donors (Lipinski definition) is 1. The van der Waals surface area contributed by atoms with Crippen LogP contribution in [0.3, 0.4) is 0 Å². The standard InChI is InChI=1S/C21H19F6N2O3S/c22-20(23,24)14-33(30,31)29(10-4-5-15(12-28)13-29)16-8-9-19(18(11-16)21(25,26)27)32-17-6-2-1-3-7-17/h1-9,11,13H,10,12,14,28H2/q+1. The Morgan fingerprint density at radius 2 is 1.67 bits per heavy atom. The van der Waals surface area contributed by atoms with E-state index in [1.807, 2.05) is 0 Å². The highest BCUT2D eigenvalue weighted by molar-refractivity contribution is 7.91. The van der Waals surface area contributed by atoms with Crippen molar-refractivity contribution in [3.63, 3.8) is 0 Å². The second-order valence-corrected chi connectivity index (χ2v) is 9.33. The van der Waals surface area contributed by atoms with Crippen LogP contribution in [0.25, 0.3) is 0 Å². The van der Waals surface area contributed by atoms with Gasteiger partial charge in [0, 0.05) is 24.3 Å². The molecule has 0 amide bonds. The fraction of sp³-hybridized carbons (Fsp3) is 0.238. The Bertz CT molecular complexity index is 1170. The topological polar surface area (TPSA) is 69.4 Å². The molecule has 3 rings (SSSR count). The van der Waals surface area contributed by atoms with Crippen molar-refractivity contribution in [1.82, 2.24) is 3.89 Å². The van der Waals surface area contributed by atoms with Gasteiger partial charge in [0.05, 0.1) is 0 Å². The highest BCUT2D eigenvalue weighted by atomic mass is 32.2. The van der Waals surface area contributed by atoms with Gasteiger partial charge in [0.25, 0.3) is 0 Å². The minimum absolute atomic E-state index is 0.0931. The lowest BCUT2D eigenvalue weighted by molar-refractivity contribution is -0.138. The van der Waals surface area contributed by atoms with Crippen molar-refractivity contribution in [3.8, 4) is 11.5 Å². The van der Waals surface area contributed by atoms with Crippen molar-refractivity contribution in [1.29, 1.82) is 0 Å². The fourth-order valence-electron chi connectivity index (χ4n) is 3.38. The number of para-hydroxylation sites is 1. The summed E-state index contributed by atoms with van der Waals surface area (Å²) in [6.45, 7) is -0.766. The molecule has 0 fully saturated rings. The minimum Gasteiger partial charge on any atom is -0.457 e. The first kappa shape index (κ1) is 24.8. The van der Waals surface area contributed by atoms with Crippen LogP contribution in [0, 0.1) is 0 Å². The molecule has 0 saturated carbocycles. The van der Waals surface area contributed by atoms with E-state index in [9.17, 15) is 34.8 Å². The molecule has 0 radical (unpaired) electrons. The second kappa shape index (κ2) is 8.84. The van der Waals surface area contributed by atoms with Gasteiger partial charge in [-0.3, -0.25) is 0 Å². The zero-order chi connectivity index (χ0) is 24.5. The zero-order valence-corrected chi connectivity index (χ0v) is 17.7. The van der Waals surface area contributed by atoms with E-state index in [1.165, 1.54) is 24.3 Å². The highest BCUT2D eigenvalue weighted by Crippen LogP contribution is 2.43. The van der Waals surface area contributed by atoms with Crippen LogP contribution in [0.1, 0.15) is 5.56 Å². The number of halogens is 6. The number of quaternary nitrogens is 1. The Labute approximate surface area is 186 Å². The van der Waals surface area contributed by atoms with E-state index < -0.39 is 55.6 Å². The summed E-state index contributed by atoms with van der Waals surface area (Å²) in [7, 11) is -5.11. The minimum atomic E-state index is -5.11. The molecule has 2 aromatic rings. The number of rotatable bonds is 6. The maximum absolute atomic E-state index is 13.9. The lowest BCUT2D eigenvalue weighted by Crippen LogP contribution is -2.54. The van der Waals surface area contributed by atoms with E-state index in [1.54, 1.807) is 18.2 Å². The van der Waals surface area contributed by atoms with Crippen LogP contribution in [0.2, 0.25) is 0 Å². The molecule has 1 heterocycles. The molecule has 2 aromatic carbocycles. The largest absolute Gasteiger partial charge is 0.457 e. The number of alkyl halides is 6. The first-order chi connectivity index (χ1) is 15.3. The molecule has 1 unspecified atom stereocenters. The van der Waals surface area contributed by atoms with Gasteiger partial charge in [0.1, 0.15) is 29.8 Å². The van der Waals surface area contributed by atoms with Crippen LogP contribution in [0.5, 0.6) is 11.5 Å². The molecule has 178 valence electrons. The predicted octanol–water partition coefficient (Wildman–Crippen LogP) is 5.11. The van der Waals surface area contributed by atoms with Gasteiger partial charge in [0.15, 0.2) is 11.4 Å². The van der Waals surface area contributed by atoms with Crippen molar-refractivity contribution in [2.45, 2.75) is 12.4 Å². The molecule has 0 aliphatic carbocycles. The Hall–Kier alpha value is -2.83. The number of benzene rings is 2. The summed E-state index contributed by atoms with van der Waals surface area (Å²) in [6, 6.07) is 9.94. The quantitative estimate of drug-likeness (QED) is 0.449. The van der Waals surface area contributed by atoms with Gasteiger partial charge in [-0.1, -0.05) is 24.3 Å². The van der Waals surface area contributed by atoms with Crippen LogP contribution in [0.4, 0.5) is 32.0 Å². The molecular formula is C21H19F6N2O3S+. The van der Waals surface area contributed by atoms with Crippen LogP contribution in [0.15, 0.2) is 72.5 Å². The maximum Gasteiger partial charge on any atom is 0.420 e. The SMILES string of the molecule is NCC1=C[N+](c2ccc(Oc3ccccc3)c(C(F)(F)F)c2)(S(=O)(=O)CC(F)(F)F)CC=C1. The molecule has 0 spiro atoms. The van der Waals surface area contributed by atoms with Crippen molar-refractivity contribution in [2.75, 3.05) is 18.8 Å². The average Bonchev–Trinajstić information content (AvgIpc) is 2.72. The van der Waals surface area contributed by atoms with E-state index in [4.69, 9.17) is 10.5 Å². The molecule has 1 aliphatic rings. The zero-order valence-electron chi connectivity index (χ0n) is 16.9. The number of sulfonamides is 1. The molecule has 12 heteroatoms. The van der Waals surface area contributed by atoms with E-state index in [0.717, 1.165) is 18.3 Å². The van der Waals surface area contributed by atoms with Crippen molar-refractivity contribution in [2.24, 2.45) is 5.73 Å². The van der Waals surface area contributed by atoms with Crippen LogP contribution in [-0.4, -0.2) is 33.4 Å². The summed E-state index contributed by atoms with van der Waals surface area (Å²) < 4.78 is 111. The molecule has 0 aromatic heterocycles. The Morgan fingerprint density at radius 3 is 2.24 bits per heavy atom. The van der Waals surface area contributed by atoms with Gasteiger partial charge in [-0.05, 0) is 24.3 Å². The van der Waals surface area contributed by atoms with E-state index in [-0.39, 0.29) is 17.9 Å². The third-order valence-corrected chi connectivity index (χ3v) is 6.99. The highest BCUT2D eigenvalue weighted by Gasteiger charge is 2.51. The molecule has 1 atom stereocenters. The van der Waals surface area contributed by atoms with Gasteiger partial charge >= 0.3 is 22.4 Å². The molecule has 1 aliphatic heterocycles. The van der Waals surface area contributed by atoms with E-state index >= 15 is 0 Å². The van der Waals surface area contributed by atoms with Gasteiger partial charge < -0.3 is 10.5 Å². The molecule has 2 N–H and O–H groups in total. The number of nitrogens with zero attached hydrogens (tertiary/aromatic N) is 1. The summed E-state index contributed by atoms with van der Waals surface area (Å²) in [6.07, 6.45) is -6.47. The van der Waals surface area contributed by atoms with Crippen molar-refractivity contribution in [3.05, 3.63) is 78.0 Å². The lowest BCUT2D eigenvalue weighted by Gasteiger charge is -2.35. The summed E-state index contributed by atoms with van der Waals surface area (Å²) in [4.78, 5) is 0. The van der Waals surface area contributed by atoms with Gasteiger partial charge in [0.2, 0.25) is 0 Å². The van der Waals surface area contributed by atoms with Gasteiger partial charge in [-0.15, -0.1) is 0 Å². The summed E-state index contributed by atoms with van der Waals surface area (Å²) >= 11 is 0. The third kappa shape index (κ3) is 5.40. The molecule has 33 heavy (non-hydrogen) atoms. The number of nitrogens with two attached hydrogens (primary N) is 1. The second-order valence-electron chi connectivity index (χ2n) is 7.22. The summed E-state index contributed by atoms with van der Waals surface area (Å²) in [5.74, 6) is -2.76. The monoisotopic (exact) mass is 493 g/mol. The molecular weight excluding hydrogens is 474 g/mol. The first-order valence-corrected chi connectivity index (χ1v) is 11.1. The predicted molar refractivity (Wildman–Crippen MR) is 111 cm³/mol. The Morgan fingerprint density at radius 1 is 1.00 bits per heavy atom. The molecule has 0 bridgehead atoms. The number of ether oxygens (including phenoxy) is 1. The Balaban J connectivity index is 2.21.